The van der Waals surface area contributed by atoms with Gasteiger partial charge < -0.3 is 16.0 Å². The highest BCUT2D eigenvalue weighted by Crippen LogP contribution is 2.38. The molecular weight excluding hydrogens is 648 g/mol. The maximum Gasteiger partial charge on any atom is 0.141 e. The predicted molar refractivity (Wildman–Crippen MR) is 188 cm³/mol. The first kappa shape index (κ1) is 32.3. The zero-order valence-electron chi connectivity index (χ0n) is 27.0. The third-order valence-corrected chi connectivity index (χ3v) is 9.93. The fraction of sp³-hybridized carbons (Fsp3) is 0.333. The van der Waals surface area contributed by atoms with Gasteiger partial charge in [-0.1, -0.05) is 46.6 Å². The van der Waals surface area contributed by atoms with Crippen molar-refractivity contribution in [3.8, 4) is 6.07 Å². The van der Waals surface area contributed by atoms with Crippen LogP contribution in [0.25, 0.3) is 10.9 Å². The monoisotopic (exact) mass is 683 g/mol. The number of rotatable bonds is 7. The Morgan fingerprint density at radius 3 is 2.52 bits per heavy atom. The lowest BCUT2D eigenvalue weighted by molar-refractivity contribution is 0.0866. The van der Waals surface area contributed by atoms with Gasteiger partial charge in [0, 0.05) is 54.7 Å². The van der Waals surface area contributed by atoms with E-state index in [0.29, 0.717) is 38.6 Å². The largest absolute Gasteiger partial charge is 0.373 e. The maximum atomic E-state index is 13.9. The Balaban J connectivity index is 1.26. The van der Waals surface area contributed by atoms with Crippen LogP contribution in [0.4, 0.5) is 21.5 Å². The van der Waals surface area contributed by atoms with Crippen molar-refractivity contribution in [2.45, 2.75) is 64.3 Å². The molecule has 2 aliphatic rings. The van der Waals surface area contributed by atoms with E-state index in [-0.39, 0.29) is 22.6 Å². The molecule has 3 aromatic carbocycles. The second-order valence-electron chi connectivity index (χ2n) is 13.5. The minimum absolute atomic E-state index is 0.0301. The summed E-state index contributed by atoms with van der Waals surface area (Å²) in [7, 11) is 0. The fourth-order valence-corrected chi connectivity index (χ4v) is 7.12. The highest BCUT2D eigenvalue weighted by Gasteiger charge is 2.29. The molecule has 7 rings (SSSR count). The number of fused-ring (bicyclic) bond motifs is 2. The molecule has 0 bridgehead atoms. The second-order valence-corrected chi connectivity index (χ2v) is 14.3. The summed E-state index contributed by atoms with van der Waals surface area (Å²) in [6.45, 7) is 10.5. The van der Waals surface area contributed by atoms with Crippen LogP contribution in [0.2, 0.25) is 10.0 Å². The Morgan fingerprint density at radius 1 is 1.00 bits per heavy atom. The molecule has 12 heteroatoms. The summed E-state index contributed by atoms with van der Waals surface area (Å²) in [4.78, 5) is 7.01. The first-order valence-corrected chi connectivity index (χ1v) is 16.8. The lowest BCUT2D eigenvalue weighted by atomic mass is 9.97. The minimum Gasteiger partial charge on any atom is -0.373 e. The van der Waals surface area contributed by atoms with Gasteiger partial charge in [0.1, 0.15) is 17.6 Å². The predicted octanol–water partition coefficient (Wildman–Crippen LogP) is 8.13. The molecule has 1 fully saturated rings. The van der Waals surface area contributed by atoms with Crippen LogP contribution in [0.15, 0.2) is 60.9 Å². The van der Waals surface area contributed by atoms with Crippen LogP contribution in [0.1, 0.15) is 73.6 Å². The van der Waals surface area contributed by atoms with Crippen molar-refractivity contribution in [3.63, 3.8) is 0 Å². The average Bonchev–Trinajstić information content (AvgIpc) is 3.75. The summed E-state index contributed by atoms with van der Waals surface area (Å²) in [5, 5.41) is 30.7. The summed E-state index contributed by atoms with van der Waals surface area (Å²) in [6, 6.07) is 16.7. The van der Waals surface area contributed by atoms with E-state index in [0.717, 1.165) is 50.3 Å². The lowest BCUT2D eigenvalue weighted by Crippen LogP contribution is -2.46. The number of nitrogens with zero attached hydrogens (tertiary/aromatic N) is 6. The molecule has 0 radical (unpaired) electrons. The lowest BCUT2D eigenvalue weighted by Gasteiger charge is -2.40. The van der Waals surface area contributed by atoms with Gasteiger partial charge in [-0.15, -0.1) is 5.10 Å². The Hall–Kier alpha value is -4.27. The van der Waals surface area contributed by atoms with Crippen LogP contribution in [-0.4, -0.2) is 43.5 Å². The van der Waals surface area contributed by atoms with Gasteiger partial charge in [0.2, 0.25) is 0 Å². The maximum absolute atomic E-state index is 13.9. The van der Waals surface area contributed by atoms with Crippen LogP contribution in [0, 0.1) is 17.1 Å². The smallest absolute Gasteiger partial charge is 0.141 e. The van der Waals surface area contributed by atoms with E-state index in [1.165, 1.54) is 29.5 Å². The van der Waals surface area contributed by atoms with Crippen molar-refractivity contribution in [1.82, 2.24) is 30.2 Å². The molecule has 3 N–H and O–H groups in total. The van der Waals surface area contributed by atoms with E-state index in [1.807, 2.05) is 16.8 Å². The Bertz CT molecular complexity index is 2040. The third kappa shape index (κ3) is 6.43. The topological polar surface area (TPSA) is 107 Å². The van der Waals surface area contributed by atoms with Gasteiger partial charge in [-0.3, -0.25) is 9.88 Å². The second kappa shape index (κ2) is 13.0. The van der Waals surface area contributed by atoms with Gasteiger partial charge in [0.15, 0.2) is 0 Å². The van der Waals surface area contributed by atoms with Crippen LogP contribution in [-0.2, 0) is 13.1 Å². The molecule has 246 valence electrons. The molecule has 1 atom stereocenters. The summed E-state index contributed by atoms with van der Waals surface area (Å²) in [6.07, 6.45) is 5.54. The zero-order valence-corrected chi connectivity index (χ0v) is 28.5. The van der Waals surface area contributed by atoms with Gasteiger partial charge in [-0.25, -0.2) is 9.07 Å². The van der Waals surface area contributed by atoms with Gasteiger partial charge >= 0.3 is 0 Å². The van der Waals surface area contributed by atoms with Crippen LogP contribution in [0.3, 0.4) is 0 Å². The van der Waals surface area contributed by atoms with E-state index in [9.17, 15) is 9.65 Å². The van der Waals surface area contributed by atoms with E-state index < -0.39 is 5.82 Å². The number of benzene rings is 3. The van der Waals surface area contributed by atoms with E-state index in [2.05, 4.69) is 82.3 Å². The number of likely N-dealkylation sites (tertiary alicyclic amines) is 1. The Kier molecular flexibility index (Phi) is 8.73. The summed E-state index contributed by atoms with van der Waals surface area (Å²) >= 11 is 12.9. The normalized spacial score (nSPS) is 16.1. The first-order valence-electron chi connectivity index (χ1n) is 16.1. The quantitative estimate of drug-likeness (QED) is 0.158. The number of hydrogen-bond donors (Lipinski definition) is 3. The molecule has 5 aromatic rings. The molecule has 9 nitrogen and oxygen atoms in total. The minimum atomic E-state index is -0.530. The average molecular weight is 685 g/mol. The highest BCUT2D eigenvalue weighted by atomic mass is 35.5. The Morgan fingerprint density at radius 2 is 1.77 bits per heavy atom. The van der Waals surface area contributed by atoms with Crippen molar-refractivity contribution in [2.24, 2.45) is 0 Å². The standard InChI is InChI=1S/C36H36Cl2FN9/c1-36(2,3)47-10-8-27(9-11-47)48-20-32(45-46-48)34(21-4-5-22-17-41-18-23(22)12-21)44-26-13-28-33(43-25-6-7-31(39)29(37)14-25)24(16-40)19-42-35(28)30(38)15-26/h4-7,12-15,19-20,27,34,41,44H,8-11,17-18H2,1-3H3,(H,42,43). The number of piperidine rings is 1. The molecular formula is C36H36Cl2FN9. The molecule has 1 unspecified atom stereocenters. The summed E-state index contributed by atoms with van der Waals surface area (Å²) < 4.78 is 15.9. The van der Waals surface area contributed by atoms with Crippen molar-refractivity contribution in [1.29, 1.82) is 5.26 Å². The number of nitrogens with one attached hydrogen (secondary N) is 3. The van der Waals surface area contributed by atoms with Crippen LogP contribution < -0.4 is 16.0 Å². The molecule has 2 aromatic heterocycles. The SMILES string of the molecule is CC(C)(C)N1CCC(n2cc(C(Nc3cc(Cl)c4ncc(C#N)c(Nc5ccc(F)c(Cl)c5)c4c3)c3ccc4c(c3)CNC4)nn2)CC1. The Labute approximate surface area is 289 Å². The van der Waals surface area contributed by atoms with E-state index in [4.69, 9.17) is 28.3 Å². The van der Waals surface area contributed by atoms with E-state index >= 15 is 0 Å². The fourth-order valence-electron chi connectivity index (χ4n) is 6.67. The van der Waals surface area contributed by atoms with Gasteiger partial charge in [-0.2, -0.15) is 5.26 Å². The molecule has 0 spiro atoms. The van der Waals surface area contributed by atoms with Crippen molar-refractivity contribution >= 4 is 51.2 Å². The molecule has 0 saturated carbocycles. The van der Waals surface area contributed by atoms with Crippen molar-refractivity contribution in [3.05, 3.63) is 105 Å². The summed E-state index contributed by atoms with van der Waals surface area (Å²) in [5.74, 6) is -0.530. The number of aromatic nitrogens is 4. The van der Waals surface area contributed by atoms with Crippen LogP contribution >= 0.6 is 23.2 Å². The van der Waals surface area contributed by atoms with Crippen LogP contribution in [0.5, 0.6) is 0 Å². The first-order chi connectivity index (χ1) is 23.1. The van der Waals surface area contributed by atoms with Gasteiger partial charge in [0.25, 0.3) is 0 Å². The molecule has 4 heterocycles. The molecule has 1 saturated heterocycles. The number of pyridine rings is 1. The van der Waals surface area contributed by atoms with Crippen molar-refractivity contribution < 1.29 is 4.39 Å². The molecule has 0 amide bonds. The molecule has 2 aliphatic heterocycles. The third-order valence-electron chi connectivity index (χ3n) is 9.35. The number of hydrogen-bond acceptors (Lipinski definition) is 8. The number of anilines is 3. The van der Waals surface area contributed by atoms with E-state index in [1.54, 1.807) is 6.07 Å². The van der Waals surface area contributed by atoms with Gasteiger partial charge in [-0.05, 0) is 80.6 Å². The van der Waals surface area contributed by atoms with Crippen molar-refractivity contribution in [2.75, 3.05) is 23.7 Å². The number of nitriles is 1. The zero-order chi connectivity index (χ0) is 33.6. The van der Waals surface area contributed by atoms with Gasteiger partial charge in [0.05, 0.1) is 45.1 Å². The molecule has 0 aliphatic carbocycles. The summed E-state index contributed by atoms with van der Waals surface area (Å²) in [5.41, 5.74) is 7.06. The molecule has 48 heavy (non-hydrogen) atoms. The number of halogens is 3. The highest BCUT2D eigenvalue weighted by molar-refractivity contribution is 6.36.